The Kier molecular flexibility index (Phi) is 3.66. The molecule has 1 heterocycles. The lowest BCUT2D eigenvalue weighted by molar-refractivity contribution is -0.144. The molecule has 0 bridgehead atoms. The molecule has 0 aromatic carbocycles. The van der Waals surface area contributed by atoms with Crippen LogP contribution in [0.2, 0.25) is 0 Å². The number of guanidine groups is 1. The number of hydrogen-bond donors (Lipinski definition) is 4. The van der Waals surface area contributed by atoms with Gasteiger partial charge in [-0.05, 0) is 6.42 Å². The maximum atomic E-state index is 10.6. The van der Waals surface area contributed by atoms with E-state index in [1.165, 1.54) is 5.06 Å². The van der Waals surface area contributed by atoms with Gasteiger partial charge in [0.05, 0.1) is 13.2 Å². The van der Waals surface area contributed by atoms with E-state index in [-0.39, 0.29) is 12.6 Å². The monoisotopic (exact) mass is 202 g/mol. The number of nitrogens with two attached hydrogens (primary N) is 1. The lowest BCUT2D eigenvalue weighted by Gasteiger charge is -2.26. The number of carbonyl (C=O) groups is 1. The highest BCUT2D eigenvalue weighted by Crippen LogP contribution is 2.00. The summed E-state index contributed by atoms with van der Waals surface area (Å²) in [4.78, 5) is 15.7. The number of carboxylic acid groups (broad SMARTS) is 1. The van der Waals surface area contributed by atoms with Crippen LogP contribution in [0.25, 0.3) is 0 Å². The van der Waals surface area contributed by atoms with Gasteiger partial charge in [-0.15, -0.1) is 0 Å². The van der Waals surface area contributed by atoms with Crippen LogP contribution in [-0.4, -0.2) is 47.8 Å². The quantitative estimate of drug-likeness (QED) is 0.306. The fourth-order valence-electron chi connectivity index (χ4n) is 1.19. The highest BCUT2D eigenvalue weighted by Gasteiger charge is 2.20. The fraction of sp³-hybridized carbons (Fsp3) is 0.714. The lowest BCUT2D eigenvalue weighted by Crippen LogP contribution is -2.48. The van der Waals surface area contributed by atoms with Crippen molar-refractivity contribution in [2.45, 2.75) is 12.5 Å². The largest absolute Gasteiger partial charge is 0.480 e. The SMILES string of the molecule is N=C(N)N1CCN[C@H](C(=O)O)CCO1. The summed E-state index contributed by atoms with van der Waals surface area (Å²) < 4.78 is 0. The van der Waals surface area contributed by atoms with E-state index in [0.717, 1.165) is 0 Å². The summed E-state index contributed by atoms with van der Waals surface area (Å²) in [5.41, 5.74) is 5.22. The number of nitrogens with zero attached hydrogens (tertiary/aromatic N) is 1. The zero-order valence-corrected chi connectivity index (χ0v) is 7.69. The predicted molar refractivity (Wildman–Crippen MR) is 48.6 cm³/mol. The Balaban J connectivity index is 2.43. The molecule has 14 heavy (non-hydrogen) atoms. The van der Waals surface area contributed by atoms with E-state index in [9.17, 15) is 4.79 Å². The standard InChI is InChI=1S/C7H14N4O3/c8-7(9)11-3-2-10-5(6(12)13)1-4-14-11/h5,10H,1-4H2,(H3,8,9)(H,12,13)/t5-/m0/s1. The molecule has 0 aromatic rings. The molecule has 5 N–H and O–H groups in total. The molecule has 0 aromatic heterocycles. The molecule has 0 aliphatic carbocycles. The lowest BCUT2D eigenvalue weighted by atomic mass is 10.2. The van der Waals surface area contributed by atoms with E-state index in [0.29, 0.717) is 19.5 Å². The Bertz CT molecular complexity index is 201. The summed E-state index contributed by atoms with van der Waals surface area (Å²) in [7, 11) is 0. The van der Waals surface area contributed by atoms with Gasteiger partial charge in [0.2, 0.25) is 5.96 Å². The van der Waals surface area contributed by atoms with Crippen molar-refractivity contribution in [2.75, 3.05) is 19.7 Å². The molecule has 0 radical (unpaired) electrons. The third-order valence-corrected chi connectivity index (χ3v) is 1.93. The van der Waals surface area contributed by atoms with Gasteiger partial charge < -0.3 is 16.2 Å². The Morgan fingerprint density at radius 3 is 3.00 bits per heavy atom. The van der Waals surface area contributed by atoms with Crippen LogP contribution >= 0.6 is 0 Å². The molecule has 80 valence electrons. The molecule has 0 spiro atoms. The molecule has 1 rings (SSSR count). The van der Waals surface area contributed by atoms with Gasteiger partial charge in [-0.3, -0.25) is 15.0 Å². The van der Waals surface area contributed by atoms with E-state index in [2.05, 4.69) is 5.32 Å². The number of nitrogens with one attached hydrogen (secondary N) is 2. The summed E-state index contributed by atoms with van der Waals surface area (Å²) in [6, 6.07) is -0.580. The molecular weight excluding hydrogens is 188 g/mol. The number of hydrogen-bond acceptors (Lipinski definition) is 4. The van der Waals surface area contributed by atoms with E-state index < -0.39 is 12.0 Å². The second kappa shape index (κ2) is 4.77. The van der Waals surface area contributed by atoms with Crippen molar-refractivity contribution >= 4 is 11.9 Å². The number of aliphatic carboxylic acids is 1. The van der Waals surface area contributed by atoms with Gasteiger partial charge in [0.1, 0.15) is 6.04 Å². The van der Waals surface area contributed by atoms with E-state index in [1.54, 1.807) is 0 Å². The average Bonchev–Trinajstić information content (AvgIpc) is 2.01. The first kappa shape index (κ1) is 10.7. The first-order valence-electron chi connectivity index (χ1n) is 4.32. The molecule has 1 aliphatic heterocycles. The molecule has 1 fully saturated rings. The second-order valence-electron chi connectivity index (χ2n) is 2.95. The molecule has 0 amide bonds. The third-order valence-electron chi connectivity index (χ3n) is 1.93. The van der Waals surface area contributed by atoms with E-state index >= 15 is 0 Å². The minimum absolute atomic E-state index is 0.166. The predicted octanol–water partition coefficient (Wildman–Crippen LogP) is -1.44. The van der Waals surface area contributed by atoms with Gasteiger partial charge in [-0.1, -0.05) is 0 Å². The number of hydroxylamine groups is 2. The van der Waals surface area contributed by atoms with E-state index in [4.69, 9.17) is 21.1 Å². The van der Waals surface area contributed by atoms with Gasteiger partial charge in [-0.2, -0.15) is 0 Å². The molecule has 7 heteroatoms. The highest BCUT2D eigenvalue weighted by atomic mass is 16.7. The highest BCUT2D eigenvalue weighted by molar-refractivity contribution is 5.74. The van der Waals surface area contributed by atoms with Crippen molar-refractivity contribution < 1.29 is 14.7 Å². The van der Waals surface area contributed by atoms with Gasteiger partial charge in [-0.25, -0.2) is 5.06 Å². The topological polar surface area (TPSA) is 112 Å². The van der Waals surface area contributed by atoms with Crippen LogP contribution in [0.3, 0.4) is 0 Å². The summed E-state index contributed by atoms with van der Waals surface area (Å²) >= 11 is 0. The van der Waals surface area contributed by atoms with E-state index in [1.807, 2.05) is 0 Å². The summed E-state index contributed by atoms with van der Waals surface area (Å²) in [6.45, 7) is 1.04. The van der Waals surface area contributed by atoms with Crippen LogP contribution in [-0.2, 0) is 9.63 Å². The van der Waals surface area contributed by atoms with Crippen molar-refractivity contribution in [3.63, 3.8) is 0 Å². The maximum absolute atomic E-state index is 10.6. The first-order chi connectivity index (χ1) is 6.61. The van der Waals surface area contributed by atoms with Crippen molar-refractivity contribution in [3.8, 4) is 0 Å². The molecule has 0 saturated carbocycles. The van der Waals surface area contributed by atoms with Gasteiger partial charge in [0.25, 0.3) is 0 Å². The van der Waals surface area contributed by atoms with Crippen molar-refractivity contribution in [3.05, 3.63) is 0 Å². The van der Waals surface area contributed by atoms with Gasteiger partial charge in [0.15, 0.2) is 0 Å². The van der Waals surface area contributed by atoms with Gasteiger partial charge >= 0.3 is 5.97 Å². The van der Waals surface area contributed by atoms with Crippen LogP contribution in [0.5, 0.6) is 0 Å². The first-order valence-corrected chi connectivity index (χ1v) is 4.32. The molecular formula is C7H14N4O3. The third kappa shape index (κ3) is 2.86. The Morgan fingerprint density at radius 1 is 1.71 bits per heavy atom. The molecule has 7 nitrogen and oxygen atoms in total. The number of carboxylic acids is 1. The van der Waals surface area contributed by atoms with Crippen LogP contribution in [0.15, 0.2) is 0 Å². The summed E-state index contributed by atoms with van der Waals surface area (Å²) in [6.07, 6.45) is 0.360. The Morgan fingerprint density at radius 2 is 2.43 bits per heavy atom. The van der Waals surface area contributed by atoms with Crippen LogP contribution in [0.4, 0.5) is 0 Å². The zero-order valence-electron chi connectivity index (χ0n) is 7.69. The van der Waals surface area contributed by atoms with Crippen molar-refractivity contribution in [1.29, 1.82) is 5.41 Å². The van der Waals surface area contributed by atoms with Crippen LogP contribution in [0.1, 0.15) is 6.42 Å². The Labute approximate surface area is 81.3 Å². The number of rotatable bonds is 1. The normalized spacial score (nSPS) is 23.7. The Hall–Kier alpha value is -1.34. The average molecular weight is 202 g/mol. The minimum atomic E-state index is -0.884. The molecule has 1 atom stereocenters. The molecule has 0 unspecified atom stereocenters. The molecule has 1 saturated heterocycles. The minimum Gasteiger partial charge on any atom is -0.480 e. The van der Waals surface area contributed by atoms with Crippen molar-refractivity contribution in [1.82, 2.24) is 10.4 Å². The summed E-state index contributed by atoms with van der Waals surface area (Å²) in [5, 5.41) is 19.9. The molecule has 1 aliphatic rings. The smallest absolute Gasteiger partial charge is 0.320 e. The van der Waals surface area contributed by atoms with Crippen LogP contribution < -0.4 is 11.1 Å². The van der Waals surface area contributed by atoms with Gasteiger partial charge in [0, 0.05) is 6.54 Å². The maximum Gasteiger partial charge on any atom is 0.320 e. The van der Waals surface area contributed by atoms with Crippen LogP contribution in [0, 0.1) is 5.41 Å². The fourth-order valence-corrected chi connectivity index (χ4v) is 1.19. The zero-order chi connectivity index (χ0) is 10.6. The second-order valence-corrected chi connectivity index (χ2v) is 2.95. The van der Waals surface area contributed by atoms with Crippen molar-refractivity contribution in [2.24, 2.45) is 5.73 Å². The summed E-state index contributed by atoms with van der Waals surface area (Å²) in [5.74, 6) is -1.05.